The molecule has 3 aromatic rings. The molecule has 0 aliphatic carbocycles. The first kappa shape index (κ1) is 11.6. The Labute approximate surface area is 111 Å². The maximum Gasteiger partial charge on any atom is 0.355 e. The number of fused-ring (bicyclic) bond motifs is 1. The van der Waals surface area contributed by atoms with Gasteiger partial charge in [-0.1, -0.05) is 0 Å². The second kappa shape index (κ2) is 4.33. The minimum atomic E-state index is -1.07. The van der Waals surface area contributed by atoms with Crippen molar-refractivity contribution in [3.63, 3.8) is 0 Å². The van der Waals surface area contributed by atoms with Gasteiger partial charge in [0.2, 0.25) is 0 Å². The van der Waals surface area contributed by atoms with Crippen LogP contribution in [0.4, 0.5) is 0 Å². The molecule has 3 rings (SSSR count). The van der Waals surface area contributed by atoms with Gasteiger partial charge in [-0.25, -0.2) is 9.78 Å². The molecule has 0 radical (unpaired) electrons. The maximum atomic E-state index is 11.4. The largest absolute Gasteiger partial charge is 0.476 e. The number of imidazole rings is 1. The molecular weight excluding hydrogens is 264 g/mol. The highest BCUT2D eigenvalue weighted by Gasteiger charge is 2.21. The van der Waals surface area contributed by atoms with Crippen LogP contribution in [0.15, 0.2) is 35.2 Å². The molecule has 0 saturated heterocycles. The Morgan fingerprint density at radius 2 is 2.26 bits per heavy atom. The van der Waals surface area contributed by atoms with E-state index in [4.69, 9.17) is 0 Å². The van der Waals surface area contributed by atoms with E-state index in [9.17, 15) is 14.7 Å². The second-order valence-corrected chi connectivity index (χ2v) is 4.68. The Morgan fingerprint density at radius 1 is 1.42 bits per heavy atom. The number of pyridine rings is 1. The molecule has 0 aliphatic heterocycles. The molecule has 0 saturated carbocycles. The molecule has 0 aliphatic rings. The number of carbonyl (C=O) groups excluding carboxylic acids is 1. The minimum Gasteiger partial charge on any atom is -0.476 e. The zero-order valence-corrected chi connectivity index (χ0v) is 10.4. The summed E-state index contributed by atoms with van der Waals surface area (Å²) in [6.07, 6.45) is 2.26. The smallest absolute Gasteiger partial charge is 0.355 e. The number of aromatic carboxylic acids is 1. The van der Waals surface area contributed by atoms with Gasteiger partial charge in [0.15, 0.2) is 12.0 Å². The number of nitrogens with zero attached hydrogens (tertiary/aromatic N) is 2. The van der Waals surface area contributed by atoms with Gasteiger partial charge in [0.1, 0.15) is 11.3 Å². The van der Waals surface area contributed by atoms with Gasteiger partial charge in [-0.15, -0.1) is 0 Å². The molecule has 19 heavy (non-hydrogen) atoms. The molecule has 3 aromatic heterocycles. The molecule has 6 heteroatoms. The van der Waals surface area contributed by atoms with Crippen molar-refractivity contribution in [2.24, 2.45) is 0 Å². The number of carboxylic acids is 1. The van der Waals surface area contributed by atoms with Crippen LogP contribution in [0.2, 0.25) is 0 Å². The van der Waals surface area contributed by atoms with Crippen molar-refractivity contribution in [1.82, 2.24) is 9.38 Å². The van der Waals surface area contributed by atoms with Crippen molar-refractivity contribution < 1.29 is 14.7 Å². The Kier molecular flexibility index (Phi) is 2.64. The third-order valence-electron chi connectivity index (χ3n) is 2.80. The first-order chi connectivity index (χ1) is 9.22. The monoisotopic (exact) mass is 272 g/mol. The average molecular weight is 272 g/mol. The van der Waals surface area contributed by atoms with Crippen LogP contribution >= 0.6 is 11.3 Å². The van der Waals surface area contributed by atoms with Crippen LogP contribution < -0.4 is 0 Å². The summed E-state index contributed by atoms with van der Waals surface area (Å²) in [6.45, 7) is 0. The summed E-state index contributed by atoms with van der Waals surface area (Å²) < 4.78 is 1.43. The Bertz CT molecular complexity index is 775. The number of carboxylic acid groups (broad SMARTS) is 1. The predicted molar refractivity (Wildman–Crippen MR) is 70.9 cm³/mol. The van der Waals surface area contributed by atoms with Crippen LogP contribution in [-0.2, 0) is 0 Å². The summed E-state index contributed by atoms with van der Waals surface area (Å²) in [7, 11) is 0. The number of aromatic nitrogens is 2. The third-order valence-corrected chi connectivity index (χ3v) is 3.49. The first-order valence-electron chi connectivity index (χ1n) is 5.44. The van der Waals surface area contributed by atoms with Crippen LogP contribution in [-0.4, -0.2) is 26.7 Å². The number of carbonyl (C=O) groups is 2. The minimum absolute atomic E-state index is 0.0668. The number of hydrogen-bond donors (Lipinski definition) is 1. The predicted octanol–water partition coefficient (Wildman–Crippen LogP) is 2.57. The van der Waals surface area contributed by atoms with Crippen molar-refractivity contribution in [2.75, 3.05) is 0 Å². The zero-order valence-electron chi connectivity index (χ0n) is 9.61. The van der Waals surface area contributed by atoms with Gasteiger partial charge in [0.05, 0.1) is 5.56 Å². The van der Waals surface area contributed by atoms with Crippen molar-refractivity contribution in [2.45, 2.75) is 0 Å². The van der Waals surface area contributed by atoms with Gasteiger partial charge < -0.3 is 5.11 Å². The van der Waals surface area contributed by atoms with Gasteiger partial charge >= 0.3 is 5.97 Å². The van der Waals surface area contributed by atoms with E-state index in [2.05, 4.69) is 4.98 Å². The quantitative estimate of drug-likeness (QED) is 0.744. The van der Waals surface area contributed by atoms with Crippen LogP contribution in [0.3, 0.4) is 0 Å². The van der Waals surface area contributed by atoms with Crippen LogP contribution in [0, 0.1) is 0 Å². The summed E-state index contributed by atoms with van der Waals surface area (Å²) in [4.78, 5) is 26.7. The lowest BCUT2D eigenvalue weighted by Crippen LogP contribution is -2.03. The van der Waals surface area contributed by atoms with E-state index in [1.54, 1.807) is 24.4 Å². The van der Waals surface area contributed by atoms with Crippen LogP contribution in [0.5, 0.6) is 0 Å². The second-order valence-electron chi connectivity index (χ2n) is 3.90. The highest BCUT2D eigenvalue weighted by Crippen LogP contribution is 2.27. The molecule has 0 atom stereocenters. The van der Waals surface area contributed by atoms with Crippen molar-refractivity contribution >= 4 is 29.2 Å². The van der Waals surface area contributed by atoms with E-state index in [-0.39, 0.29) is 5.69 Å². The van der Waals surface area contributed by atoms with E-state index < -0.39 is 5.97 Å². The van der Waals surface area contributed by atoms with Crippen LogP contribution in [0.25, 0.3) is 16.9 Å². The molecule has 0 amide bonds. The normalized spacial score (nSPS) is 10.7. The molecule has 94 valence electrons. The first-order valence-corrected chi connectivity index (χ1v) is 6.38. The molecule has 5 nitrogen and oxygen atoms in total. The Balaban J connectivity index is 2.42. The van der Waals surface area contributed by atoms with Crippen molar-refractivity contribution in [3.05, 3.63) is 46.4 Å². The zero-order chi connectivity index (χ0) is 13.4. The fourth-order valence-electron chi connectivity index (χ4n) is 1.99. The molecule has 0 unspecified atom stereocenters. The summed E-state index contributed by atoms with van der Waals surface area (Å²) in [6, 6.07) is 5.04. The van der Waals surface area contributed by atoms with Crippen molar-refractivity contribution in [1.29, 1.82) is 0 Å². The molecule has 0 aromatic carbocycles. The van der Waals surface area contributed by atoms with E-state index >= 15 is 0 Å². The Hall–Kier alpha value is -2.47. The van der Waals surface area contributed by atoms with Gasteiger partial charge in [0.25, 0.3) is 0 Å². The highest BCUT2D eigenvalue weighted by atomic mass is 32.1. The van der Waals surface area contributed by atoms with E-state index in [1.165, 1.54) is 15.7 Å². The summed E-state index contributed by atoms with van der Waals surface area (Å²) in [5.41, 5.74) is 1.91. The van der Waals surface area contributed by atoms with Crippen LogP contribution in [0.1, 0.15) is 20.8 Å². The fraction of sp³-hybridized carbons (Fsp3) is 0. The number of thiophene rings is 1. The molecule has 0 fully saturated rings. The molecule has 0 spiro atoms. The number of rotatable bonds is 3. The third kappa shape index (κ3) is 1.73. The van der Waals surface area contributed by atoms with E-state index in [1.807, 2.05) is 10.8 Å². The van der Waals surface area contributed by atoms with Gasteiger partial charge in [-0.2, -0.15) is 11.3 Å². The van der Waals surface area contributed by atoms with E-state index in [0.29, 0.717) is 23.2 Å². The van der Waals surface area contributed by atoms with Gasteiger partial charge in [-0.3, -0.25) is 9.20 Å². The summed E-state index contributed by atoms with van der Waals surface area (Å²) in [5.74, 6) is -1.07. The van der Waals surface area contributed by atoms with Gasteiger partial charge in [0, 0.05) is 17.1 Å². The lowest BCUT2D eigenvalue weighted by atomic mass is 10.2. The van der Waals surface area contributed by atoms with E-state index in [0.717, 1.165) is 5.56 Å². The molecule has 3 heterocycles. The lowest BCUT2D eigenvalue weighted by Gasteiger charge is -1.98. The summed E-state index contributed by atoms with van der Waals surface area (Å²) >= 11 is 1.46. The Morgan fingerprint density at radius 3 is 2.89 bits per heavy atom. The molecule has 1 N–H and O–H groups in total. The fourth-order valence-corrected chi connectivity index (χ4v) is 2.63. The SMILES string of the molecule is O=Cc1cccn2c(C(=O)O)c(-c3ccsc3)nc12. The number of aldehydes is 1. The highest BCUT2D eigenvalue weighted by molar-refractivity contribution is 7.08. The standard InChI is InChI=1S/C13H8N2O3S/c16-6-8-2-1-4-15-11(13(17)18)10(14-12(8)15)9-3-5-19-7-9/h1-7H,(H,17,18). The van der Waals surface area contributed by atoms with Gasteiger partial charge in [-0.05, 0) is 23.6 Å². The topological polar surface area (TPSA) is 71.7 Å². The molecule has 0 bridgehead atoms. The lowest BCUT2D eigenvalue weighted by molar-refractivity contribution is 0.0690. The average Bonchev–Trinajstić information content (AvgIpc) is 3.04. The van der Waals surface area contributed by atoms with Crippen molar-refractivity contribution in [3.8, 4) is 11.3 Å². The summed E-state index contributed by atoms with van der Waals surface area (Å²) in [5, 5.41) is 13.1. The number of hydrogen-bond acceptors (Lipinski definition) is 4. The molecular formula is C13H8N2O3S. The maximum absolute atomic E-state index is 11.4.